The third-order valence-corrected chi connectivity index (χ3v) is 2.49. The molecule has 2 heterocycles. The lowest BCUT2D eigenvalue weighted by molar-refractivity contribution is -0.375. The summed E-state index contributed by atoms with van der Waals surface area (Å²) in [6.07, 6.45) is 7.68. The average Bonchev–Trinajstić information content (AvgIpc) is 2.29. The van der Waals surface area contributed by atoms with Gasteiger partial charge in [-0.25, -0.2) is 4.98 Å². The van der Waals surface area contributed by atoms with Gasteiger partial charge in [0.25, 0.3) is 0 Å². The fourth-order valence-electron chi connectivity index (χ4n) is 1.78. The predicted molar refractivity (Wildman–Crippen MR) is 55.8 cm³/mol. The van der Waals surface area contributed by atoms with Gasteiger partial charge in [-0.3, -0.25) is 4.98 Å². The molecule has 0 saturated carbocycles. The maximum atomic E-state index is 4.15. The maximum absolute atomic E-state index is 4.15. The molecular formula is C12H9N2+. The summed E-state index contributed by atoms with van der Waals surface area (Å²) in [5, 5.41) is 4.89. The van der Waals surface area contributed by atoms with Crippen molar-refractivity contribution in [3.63, 3.8) is 0 Å². The van der Waals surface area contributed by atoms with E-state index in [4.69, 9.17) is 0 Å². The van der Waals surface area contributed by atoms with Crippen LogP contribution in [0.4, 0.5) is 0 Å². The SMILES string of the molecule is c1cc2ccc3cc[nH+]cc3c2cn1. The Morgan fingerprint density at radius 3 is 2.71 bits per heavy atom. The number of pyridine rings is 2. The summed E-state index contributed by atoms with van der Waals surface area (Å²) in [5.41, 5.74) is 0. The Labute approximate surface area is 81.2 Å². The molecule has 66 valence electrons. The highest BCUT2D eigenvalue weighted by atomic mass is 14.6. The van der Waals surface area contributed by atoms with Crippen LogP contribution in [-0.2, 0) is 0 Å². The highest BCUT2D eigenvalue weighted by Crippen LogP contribution is 2.22. The fraction of sp³-hybridized carbons (Fsp3) is 0. The number of benzene rings is 1. The van der Waals surface area contributed by atoms with Crippen molar-refractivity contribution in [2.75, 3.05) is 0 Å². The van der Waals surface area contributed by atoms with Gasteiger partial charge >= 0.3 is 0 Å². The van der Waals surface area contributed by atoms with Gasteiger partial charge in [0, 0.05) is 23.8 Å². The summed E-state index contributed by atoms with van der Waals surface area (Å²) in [7, 11) is 0. The van der Waals surface area contributed by atoms with Crippen LogP contribution in [0.5, 0.6) is 0 Å². The lowest BCUT2D eigenvalue weighted by Gasteiger charge is -1.99. The number of H-pyrrole nitrogens is 1. The number of rotatable bonds is 0. The Kier molecular flexibility index (Phi) is 1.47. The molecule has 3 rings (SSSR count). The molecule has 0 fully saturated rings. The molecule has 14 heavy (non-hydrogen) atoms. The first-order valence-electron chi connectivity index (χ1n) is 4.58. The van der Waals surface area contributed by atoms with Crippen molar-refractivity contribution in [3.05, 3.63) is 49.1 Å². The van der Waals surface area contributed by atoms with E-state index in [9.17, 15) is 0 Å². The first-order valence-corrected chi connectivity index (χ1v) is 4.58. The second kappa shape index (κ2) is 2.77. The topological polar surface area (TPSA) is 27.0 Å². The van der Waals surface area contributed by atoms with Crippen LogP contribution in [0.2, 0.25) is 0 Å². The highest BCUT2D eigenvalue weighted by Gasteiger charge is 2.01. The Morgan fingerprint density at radius 1 is 0.929 bits per heavy atom. The van der Waals surface area contributed by atoms with Crippen LogP contribution in [0.3, 0.4) is 0 Å². The quantitative estimate of drug-likeness (QED) is 0.488. The summed E-state index contributed by atoms with van der Waals surface area (Å²) in [6, 6.07) is 8.36. The molecule has 0 aliphatic rings. The van der Waals surface area contributed by atoms with E-state index < -0.39 is 0 Å². The number of nitrogens with one attached hydrogen (secondary N) is 1. The number of aromatic amines is 1. The number of fused-ring (bicyclic) bond motifs is 3. The Hall–Kier alpha value is -1.96. The van der Waals surface area contributed by atoms with Gasteiger partial charge in [0.15, 0.2) is 12.4 Å². The number of nitrogens with zero attached hydrogens (tertiary/aromatic N) is 1. The minimum Gasteiger partial charge on any atom is -0.264 e. The second-order valence-electron chi connectivity index (χ2n) is 3.31. The van der Waals surface area contributed by atoms with Gasteiger partial charge in [-0.2, -0.15) is 0 Å². The van der Waals surface area contributed by atoms with Crippen molar-refractivity contribution in [2.24, 2.45) is 0 Å². The Morgan fingerprint density at radius 2 is 1.79 bits per heavy atom. The van der Waals surface area contributed by atoms with Crippen LogP contribution in [0.15, 0.2) is 49.1 Å². The molecule has 0 radical (unpaired) electrons. The normalized spacial score (nSPS) is 10.9. The molecule has 2 heteroatoms. The molecular weight excluding hydrogens is 172 g/mol. The molecule has 0 unspecified atom stereocenters. The molecule has 0 atom stereocenters. The molecule has 0 aliphatic carbocycles. The van der Waals surface area contributed by atoms with E-state index in [2.05, 4.69) is 28.2 Å². The van der Waals surface area contributed by atoms with Crippen molar-refractivity contribution in [1.82, 2.24) is 4.98 Å². The number of hydrogen-bond donors (Lipinski definition) is 0. The van der Waals surface area contributed by atoms with Crippen LogP contribution in [0, 0.1) is 0 Å². The smallest absolute Gasteiger partial charge is 0.175 e. The van der Waals surface area contributed by atoms with Crippen LogP contribution < -0.4 is 4.98 Å². The van der Waals surface area contributed by atoms with Crippen LogP contribution in [-0.4, -0.2) is 4.98 Å². The van der Waals surface area contributed by atoms with Crippen molar-refractivity contribution >= 4 is 21.5 Å². The minimum absolute atomic E-state index is 1.20. The molecule has 2 nitrogen and oxygen atoms in total. The number of hydrogen-bond acceptors (Lipinski definition) is 1. The maximum Gasteiger partial charge on any atom is 0.175 e. The predicted octanol–water partition coefficient (Wildman–Crippen LogP) is 2.20. The highest BCUT2D eigenvalue weighted by molar-refractivity contribution is 6.06. The fourth-order valence-corrected chi connectivity index (χ4v) is 1.78. The first-order chi connectivity index (χ1) is 6.95. The molecule has 0 saturated heterocycles. The van der Waals surface area contributed by atoms with E-state index in [0.717, 1.165) is 0 Å². The zero-order valence-electron chi connectivity index (χ0n) is 7.57. The minimum atomic E-state index is 1.20. The number of aromatic nitrogens is 2. The largest absolute Gasteiger partial charge is 0.264 e. The van der Waals surface area contributed by atoms with Gasteiger partial charge in [0.2, 0.25) is 0 Å². The van der Waals surface area contributed by atoms with Gasteiger partial charge in [-0.15, -0.1) is 0 Å². The Balaban J connectivity index is 2.61. The van der Waals surface area contributed by atoms with Crippen molar-refractivity contribution in [3.8, 4) is 0 Å². The van der Waals surface area contributed by atoms with Crippen molar-refractivity contribution < 1.29 is 4.98 Å². The van der Waals surface area contributed by atoms with Crippen LogP contribution >= 0.6 is 0 Å². The molecule has 3 aromatic rings. The van der Waals surface area contributed by atoms with E-state index in [1.165, 1.54) is 21.5 Å². The molecule has 0 spiro atoms. The Bertz CT molecular complexity index is 547. The lowest BCUT2D eigenvalue weighted by atomic mass is 10.1. The summed E-state index contributed by atoms with van der Waals surface area (Å²) in [5.74, 6) is 0. The lowest BCUT2D eigenvalue weighted by Crippen LogP contribution is -1.97. The van der Waals surface area contributed by atoms with Gasteiger partial charge < -0.3 is 0 Å². The summed E-state index contributed by atoms with van der Waals surface area (Å²) in [4.78, 5) is 7.25. The van der Waals surface area contributed by atoms with Gasteiger partial charge in [-0.1, -0.05) is 12.1 Å². The molecule has 0 aliphatic heterocycles. The van der Waals surface area contributed by atoms with E-state index in [1.54, 1.807) is 0 Å². The molecule has 0 amide bonds. The van der Waals surface area contributed by atoms with Gasteiger partial charge in [-0.05, 0) is 16.8 Å². The third kappa shape index (κ3) is 0.973. The monoisotopic (exact) mass is 181 g/mol. The van der Waals surface area contributed by atoms with Crippen molar-refractivity contribution in [1.29, 1.82) is 0 Å². The molecule has 1 aromatic carbocycles. The van der Waals surface area contributed by atoms with Crippen molar-refractivity contribution in [2.45, 2.75) is 0 Å². The van der Waals surface area contributed by atoms with E-state index in [-0.39, 0.29) is 0 Å². The molecule has 0 bridgehead atoms. The first kappa shape index (κ1) is 7.44. The van der Waals surface area contributed by atoms with Crippen LogP contribution in [0.1, 0.15) is 0 Å². The van der Waals surface area contributed by atoms with E-state index >= 15 is 0 Å². The van der Waals surface area contributed by atoms with Gasteiger partial charge in [0.05, 0.1) is 5.39 Å². The van der Waals surface area contributed by atoms with Crippen LogP contribution in [0.25, 0.3) is 21.5 Å². The molecule has 1 N–H and O–H groups in total. The average molecular weight is 181 g/mol. The summed E-state index contributed by atoms with van der Waals surface area (Å²) >= 11 is 0. The second-order valence-corrected chi connectivity index (χ2v) is 3.31. The molecule has 2 aromatic heterocycles. The standard InChI is InChI=1S/C12H8N2/c1-2-10-4-6-14-8-12(10)11-7-13-5-3-9(1)11/h1-8H/p+1. The van der Waals surface area contributed by atoms with E-state index in [1.807, 2.05) is 30.9 Å². The third-order valence-electron chi connectivity index (χ3n) is 2.49. The zero-order valence-corrected chi connectivity index (χ0v) is 7.57. The summed E-state index contributed by atoms with van der Waals surface area (Å²) in [6.45, 7) is 0. The van der Waals surface area contributed by atoms with Gasteiger partial charge in [0.1, 0.15) is 0 Å². The zero-order chi connectivity index (χ0) is 9.38. The van der Waals surface area contributed by atoms with E-state index in [0.29, 0.717) is 0 Å². The summed E-state index contributed by atoms with van der Waals surface area (Å²) < 4.78 is 0.